The van der Waals surface area contributed by atoms with E-state index in [1.54, 1.807) is 26.8 Å². The Hall–Kier alpha value is -1.42. The molecule has 0 aliphatic heterocycles. The molecule has 0 heterocycles. The number of hydrogen-bond acceptors (Lipinski definition) is 1. The molecule has 2 aromatic carbocycles. The lowest BCUT2D eigenvalue weighted by atomic mass is 9.77. The molecule has 0 radical (unpaired) electrons. The molecule has 0 spiro atoms. The first-order chi connectivity index (χ1) is 11.3. The summed E-state index contributed by atoms with van der Waals surface area (Å²) in [6, 6.07) is 12.5. The molecule has 0 nitrogen and oxygen atoms in total. The van der Waals surface area contributed by atoms with Crippen LogP contribution in [0.15, 0.2) is 47.4 Å². The second-order valence-electron chi connectivity index (χ2n) is 8.24. The third-order valence-corrected chi connectivity index (χ3v) is 4.75. The zero-order valence-electron chi connectivity index (χ0n) is 15.3. The molecule has 0 saturated carbocycles. The first-order valence-corrected chi connectivity index (χ1v) is 8.75. The Labute approximate surface area is 153 Å². The van der Waals surface area contributed by atoms with Gasteiger partial charge in [0.25, 0.3) is 0 Å². The van der Waals surface area contributed by atoms with E-state index in [4.69, 9.17) is 0 Å². The third-order valence-electron chi connectivity index (χ3n) is 4.47. The van der Waals surface area contributed by atoms with Crippen molar-refractivity contribution in [3.8, 4) is 0 Å². The maximum atomic E-state index is 13.6. The Bertz CT molecular complexity index is 752. The number of benzene rings is 2. The summed E-state index contributed by atoms with van der Waals surface area (Å²) in [6.07, 6.45) is -3.83. The largest absolute Gasteiger partial charge is 0.416 e. The van der Waals surface area contributed by atoms with E-state index in [9.17, 15) is 13.2 Å². The molecule has 0 fully saturated rings. The Morgan fingerprint density at radius 2 is 1.48 bits per heavy atom. The second kappa shape index (κ2) is 6.71. The minimum Gasteiger partial charge on any atom is -0.166 e. The van der Waals surface area contributed by atoms with Gasteiger partial charge in [-0.15, -0.1) is 12.6 Å². The van der Waals surface area contributed by atoms with Crippen LogP contribution in [0.5, 0.6) is 0 Å². The lowest BCUT2D eigenvalue weighted by Gasteiger charge is -2.28. The van der Waals surface area contributed by atoms with Crippen LogP contribution in [0.2, 0.25) is 0 Å². The standard InChI is InChI=1S/C21H25F3S/c1-19(2,3)17-10-9-14(11-18(17)21(22,23)24)13-20(4,5)15-7-6-8-16(25)12-15/h6-12,25H,13H2,1-5H3. The lowest BCUT2D eigenvalue weighted by Crippen LogP contribution is -2.23. The molecule has 25 heavy (non-hydrogen) atoms. The van der Waals surface area contributed by atoms with Crippen molar-refractivity contribution in [3.63, 3.8) is 0 Å². The van der Waals surface area contributed by atoms with Crippen LogP contribution < -0.4 is 0 Å². The fourth-order valence-electron chi connectivity index (χ4n) is 3.13. The Balaban J connectivity index is 2.44. The summed E-state index contributed by atoms with van der Waals surface area (Å²) in [5.41, 5.74) is 0.711. The van der Waals surface area contributed by atoms with Gasteiger partial charge in [0.05, 0.1) is 5.56 Å². The second-order valence-corrected chi connectivity index (χ2v) is 8.76. The number of alkyl halides is 3. The van der Waals surface area contributed by atoms with Gasteiger partial charge in [0, 0.05) is 4.90 Å². The number of rotatable bonds is 3. The summed E-state index contributed by atoms with van der Waals surface area (Å²) >= 11 is 4.36. The van der Waals surface area contributed by atoms with E-state index < -0.39 is 17.2 Å². The van der Waals surface area contributed by atoms with E-state index in [1.807, 2.05) is 44.2 Å². The summed E-state index contributed by atoms with van der Waals surface area (Å²) in [6.45, 7) is 9.50. The van der Waals surface area contributed by atoms with Crippen molar-refractivity contribution >= 4 is 12.6 Å². The quantitative estimate of drug-likeness (QED) is 0.567. The highest BCUT2D eigenvalue weighted by Gasteiger charge is 2.37. The van der Waals surface area contributed by atoms with Gasteiger partial charge < -0.3 is 0 Å². The molecular formula is C21H25F3S. The smallest absolute Gasteiger partial charge is 0.166 e. The molecule has 0 N–H and O–H groups in total. The summed E-state index contributed by atoms with van der Waals surface area (Å²) in [7, 11) is 0. The predicted octanol–water partition coefficient (Wildman–Crippen LogP) is 6.81. The van der Waals surface area contributed by atoms with Crippen LogP contribution in [-0.4, -0.2) is 0 Å². The maximum absolute atomic E-state index is 13.6. The maximum Gasteiger partial charge on any atom is 0.416 e. The van der Waals surface area contributed by atoms with Gasteiger partial charge >= 0.3 is 6.18 Å². The first kappa shape index (κ1) is 19.9. The van der Waals surface area contributed by atoms with Gasteiger partial charge in [-0.25, -0.2) is 0 Å². The fourth-order valence-corrected chi connectivity index (χ4v) is 3.35. The molecule has 0 atom stereocenters. The molecule has 2 aromatic rings. The molecule has 136 valence electrons. The molecule has 0 aromatic heterocycles. The number of hydrogen-bond donors (Lipinski definition) is 1. The van der Waals surface area contributed by atoms with E-state index in [-0.39, 0.29) is 5.41 Å². The fraction of sp³-hybridized carbons (Fsp3) is 0.429. The van der Waals surface area contributed by atoms with Crippen molar-refractivity contribution in [2.24, 2.45) is 0 Å². The van der Waals surface area contributed by atoms with Gasteiger partial charge in [0.2, 0.25) is 0 Å². The van der Waals surface area contributed by atoms with Crippen molar-refractivity contribution in [1.82, 2.24) is 0 Å². The zero-order valence-corrected chi connectivity index (χ0v) is 16.2. The summed E-state index contributed by atoms with van der Waals surface area (Å²) in [4.78, 5) is 0.852. The molecule has 0 unspecified atom stereocenters. The molecule has 4 heteroatoms. The average Bonchev–Trinajstić information content (AvgIpc) is 2.44. The normalized spacial score (nSPS) is 13.2. The minimum atomic E-state index is -4.35. The van der Waals surface area contributed by atoms with E-state index in [2.05, 4.69) is 12.6 Å². The monoisotopic (exact) mass is 366 g/mol. The Morgan fingerprint density at radius 3 is 2.00 bits per heavy atom. The van der Waals surface area contributed by atoms with E-state index >= 15 is 0 Å². The van der Waals surface area contributed by atoms with Crippen LogP contribution in [0.25, 0.3) is 0 Å². The van der Waals surface area contributed by atoms with Crippen LogP contribution in [-0.2, 0) is 23.4 Å². The lowest BCUT2D eigenvalue weighted by molar-refractivity contribution is -0.138. The summed E-state index contributed by atoms with van der Waals surface area (Å²) in [5.74, 6) is 0. The zero-order chi connectivity index (χ0) is 19.0. The van der Waals surface area contributed by atoms with Crippen molar-refractivity contribution in [2.45, 2.75) is 62.9 Å². The number of halogens is 3. The average molecular weight is 366 g/mol. The van der Waals surface area contributed by atoms with Crippen LogP contribution in [0.4, 0.5) is 13.2 Å². The predicted molar refractivity (Wildman–Crippen MR) is 101 cm³/mol. The molecule has 0 amide bonds. The first-order valence-electron chi connectivity index (χ1n) is 8.31. The van der Waals surface area contributed by atoms with Crippen molar-refractivity contribution in [2.75, 3.05) is 0 Å². The third kappa shape index (κ3) is 4.81. The highest BCUT2D eigenvalue weighted by Crippen LogP contribution is 2.39. The summed E-state index contributed by atoms with van der Waals surface area (Å²) in [5, 5.41) is 0. The molecule has 2 rings (SSSR count). The SMILES string of the molecule is CC(C)(C)c1ccc(CC(C)(C)c2cccc(S)c2)cc1C(F)(F)F. The highest BCUT2D eigenvalue weighted by molar-refractivity contribution is 7.80. The van der Waals surface area contributed by atoms with Gasteiger partial charge in [0.1, 0.15) is 0 Å². The van der Waals surface area contributed by atoms with Gasteiger partial charge in [-0.05, 0) is 52.1 Å². The van der Waals surface area contributed by atoms with Gasteiger partial charge in [-0.2, -0.15) is 13.2 Å². The number of thiol groups is 1. The van der Waals surface area contributed by atoms with Crippen molar-refractivity contribution in [1.29, 1.82) is 0 Å². The van der Waals surface area contributed by atoms with Crippen LogP contribution in [0.1, 0.15) is 56.9 Å². The van der Waals surface area contributed by atoms with Crippen LogP contribution >= 0.6 is 12.6 Å². The van der Waals surface area contributed by atoms with Crippen molar-refractivity contribution < 1.29 is 13.2 Å². The Morgan fingerprint density at radius 1 is 0.840 bits per heavy atom. The minimum absolute atomic E-state index is 0.287. The Kier molecular flexibility index (Phi) is 5.34. The molecular weight excluding hydrogens is 341 g/mol. The van der Waals surface area contributed by atoms with Gasteiger partial charge in [0.15, 0.2) is 0 Å². The van der Waals surface area contributed by atoms with Crippen LogP contribution in [0, 0.1) is 0 Å². The van der Waals surface area contributed by atoms with E-state index in [1.165, 1.54) is 6.07 Å². The molecule has 0 aliphatic carbocycles. The highest BCUT2D eigenvalue weighted by atomic mass is 32.1. The topological polar surface area (TPSA) is 0 Å². The van der Waals surface area contributed by atoms with E-state index in [0.29, 0.717) is 17.5 Å². The van der Waals surface area contributed by atoms with Crippen LogP contribution in [0.3, 0.4) is 0 Å². The molecule has 0 saturated heterocycles. The van der Waals surface area contributed by atoms with Crippen molar-refractivity contribution in [3.05, 3.63) is 64.7 Å². The summed E-state index contributed by atoms with van der Waals surface area (Å²) < 4.78 is 40.7. The van der Waals surface area contributed by atoms with Gasteiger partial charge in [-0.3, -0.25) is 0 Å². The molecule has 0 aliphatic rings. The van der Waals surface area contributed by atoms with Gasteiger partial charge in [-0.1, -0.05) is 58.9 Å². The van der Waals surface area contributed by atoms with E-state index in [0.717, 1.165) is 10.5 Å². The molecule has 0 bridgehead atoms.